The van der Waals surface area contributed by atoms with Crippen molar-refractivity contribution in [2.45, 2.75) is 24.7 Å². The molecule has 0 atom stereocenters. The summed E-state index contributed by atoms with van der Waals surface area (Å²) >= 11 is 0. The van der Waals surface area contributed by atoms with Crippen LogP contribution in [0.5, 0.6) is 5.75 Å². The zero-order chi connectivity index (χ0) is 18.0. The second kappa shape index (κ2) is 7.38. The first-order chi connectivity index (χ1) is 11.1. The molecule has 0 unspecified atom stereocenters. The van der Waals surface area contributed by atoms with E-state index in [9.17, 15) is 16.8 Å². The zero-order valence-electron chi connectivity index (χ0n) is 14.1. The Bertz CT molecular complexity index is 782. The molecule has 1 aliphatic heterocycles. The standard InChI is InChI=1S/C15H24N2O5S2/c1-12-10-14(22-2)4-5-15(12)24(20,21)16-11-13-6-8-17(9-7-13)23(3,18)19/h4-5,10,13,16H,6-9,11H2,1-3H3. The van der Waals surface area contributed by atoms with Crippen LogP contribution in [-0.4, -0.2) is 54.1 Å². The van der Waals surface area contributed by atoms with Crippen LogP contribution in [-0.2, 0) is 20.0 Å². The molecule has 1 aromatic carbocycles. The van der Waals surface area contributed by atoms with Crippen LogP contribution in [0.3, 0.4) is 0 Å². The molecule has 0 aliphatic carbocycles. The molecule has 0 aromatic heterocycles. The van der Waals surface area contributed by atoms with Crippen molar-refractivity contribution in [3.63, 3.8) is 0 Å². The van der Waals surface area contributed by atoms with E-state index in [4.69, 9.17) is 4.74 Å². The van der Waals surface area contributed by atoms with Crippen molar-refractivity contribution in [1.82, 2.24) is 9.03 Å². The molecule has 1 fully saturated rings. The number of nitrogens with zero attached hydrogens (tertiary/aromatic N) is 1. The molecule has 0 amide bonds. The van der Waals surface area contributed by atoms with Crippen LogP contribution in [0.25, 0.3) is 0 Å². The highest BCUT2D eigenvalue weighted by Crippen LogP contribution is 2.22. The maximum absolute atomic E-state index is 12.5. The van der Waals surface area contributed by atoms with Gasteiger partial charge in [-0.2, -0.15) is 0 Å². The quantitative estimate of drug-likeness (QED) is 0.798. The predicted octanol–water partition coefficient (Wildman–Crippen LogP) is 0.954. The lowest BCUT2D eigenvalue weighted by atomic mass is 9.99. The molecule has 0 radical (unpaired) electrons. The van der Waals surface area contributed by atoms with Gasteiger partial charge >= 0.3 is 0 Å². The Morgan fingerprint density at radius 3 is 2.33 bits per heavy atom. The van der Waals surface area contributed by atoms with Gasteiger partial charge in [0, 0.05) is 19.6 Å². The van der Waals surface area contributed by atoms with Gasteiger partial charge in [0.1, 0.15) is 5.75 Å². The van der Waals surface area contributed by atoms with Crippen molar-refractivity contribution in [3.05, 3.63) is 23.8 Å². The smallest absolute Gasteiger partial charge is 0.240 e. The first-order valence-electron chi connectivity index (χ1n) is 7.73. The van der Waals surface area contributed by atoms with E-state index < -0.39 is 20.0 Å². The van der Waals surface area contributed by atoms with Gasteiger partial charge in [-0.15, -0.1) is 0 Å². The van der Waals surface area contributed by atoms with Gasteiger partial charge in [0.05, 0.1) is 18.3 Å². The Kier molecular flexibility index (Phi) is 5.90. The van der Waals surface area contributed by atoms with Crippen molar-refractivity contribution in [3.8, 4) is 5.75 Å². The van der Waals surface area contributed by atoms with Gasteiger partial charge in [0.2, 0.25) is 20.0 Å². The first kappa shape index (κ1) is 19.2. The monoisotopic (exact) mass is 376 g/mol. The van der Waals surface area contributed by atoms with Crippen molar-refractivity contribution in [2.75, 3.05) is 33.0 Å². The van der Waals surface area contributed by atoms with E-state index in [0.717, 1.165) is 0 Å². The molecule has 0 bridgehead atoms. The highest BCUT2D eigenvalue weighted by Gasteiger charge is 2.26. The Labute approximate surface area is 144 Å². The molecule has 7 nitrogen and oxygen atoms in total. The van der Waals surface area contributed by atoms with Crippen molar-refractivity contribution in [2.24, 2.45) is 5.92 Å². The van der Waals surface area contributed by atoms with Gasteiger partial charge in [0.15, 0.2) is 0 Å². The number of aryl methyl sites for hydroxylation is 1. The first-order valence-corrected chi connectivity index (χ1v) is 11.1. The Hall–Kier alpha value is -1.16. The van der Waals surface area contributed by atoms with Gasteiger partial charge in [-0.25, -0.2) is 25.9 Å². The fourth-order valence-electron chi connectivity index (χ4n) is 2.80. The minimum Gasteiger partial charge on any atom is -0.497 e. The fraction of sp³-hybridized carbons (Fsp3) is 0.600. The van der Waals surface area contributed by atoms with E-state index in [1.807, 2.05) is 0 Å². The van der Waals surface area contributed by atoms with E-state index >= 15 is 0 Å². The van der Waals surface area contributed by atoms with Crippen LogP contribution in [0, 0.1) is 12.8 Å². The number of ether oxygens (including phenoxy) is 1. The van der Waals surface area contributed by atoms with Gasteiger partial charge in [-0.1, -0.05) is 0 Å². The van der Waals surface area contributed by atoms with Crippen LogP contribution in [0.1, 0.15) is 18.4 Å². The van der Waals surface area contributed by atoms with Crippen LogP contribution in [0.2, 0.25) is 0 Å². The molecule has 24 heavy (non-hydrogen) atoms. The maximum Gasteiger partial charge on any atom is 0.240 e. The number of rotatable bonds is 6. The number of benzene rings is 1. The summed E-state index contributed by atoms with van der Waals surface area (Å²) < 4.78 is 57.1. The van der Waals surface area contributed by atoms with Crippen molar-refractivity contribution in [1.29, 1.82) is 0 Å². The second-order valence-electron chi connectivity index (χ2n) is 6.09. The number of methoxy groups -OCH3 is 1. The molecule has 1 N–H and O–H groups in total. The van der Waals surface area contributed by atoms with Gasteiger partial charge in [-0.05, 0) is 49.4 Å². The number of piperidine rings is 1. The Balaban J connectivity index is 1.97. The van der Waals surface area contributed by atoms with Crippen LogP contribution < -0.4 is 9.46 Å². The van der Waals surface area contributed by atoms with E-state index in [-0.39, 0.29) is 10.8 Å². The number of sulfonamides is 2. The summed E-state index contributed by atoms with van der Waals surface area (Å²) in [5, 5.41) is 0. The minimum absolute atomic E-state index is 0.135. The molecule has 0 spiro atoms. The third-order valence-electron chi connectivity index (χ3n) is 4.28. The van der Waals surface area contributed by atoms with Crippen LogP contribution in [0.15, 0.2) is 23.1 Å². The van der Waals surface area contributed by atoms with Crippen molar-refractivity contribution < 1.29 is 21.6 Å². The largest absolute Gasteiger partial charge is 0.497 e. The molecule has 136 valence electrons. The number of nitrogens with one attached hydrogen (secondary N) is 1. The van der Waals surface area contributed by atoms with E-state index in [1.165, 1.54) is 23.7 Å². The number of hydrogen-bond acceptors (Lipinski definition) is 5. The maximum atomic E-state index is 12.5. The highest BCUT2D eigenvalue weighted by atomic mass is 32.2. The van der Waals surface area contributed by atoms with Gasteiger partial charge in [0.25, 0.3) is 0 Å². The second-order valence-corrected chi connectivity index (χ2v) is 9.81. The topological polar surface area (TPSA) is 92.8 Å². The summed E-state index contributed by atoms with van der Waals surface area (Å²) in [6.07, 6.45) is 2.50. The molecule has 1 heterocycles. The fourth-order valence-corrected chi connectivity index (χ4v) is 5.02. The zero-order valence-corrected chi connectivity index (χ0v) is 15.8. The SMILES string of the molecule is COc1ccc(S(=O)(=O)NCC2CCN(S(C)(=O)=O)CC2)c(C)c1. The minimum atomic E-state index is -3.59. The summed E-state index contributed by atoms with van der Waals surface area (Å²) in [6, 6.07) is 4.83. The average Bonchev–Trinajstić information content (AvgIpc) is 2.52. The summed E-state index contributed by atoms with van der Waals surface area (Å²) in [5.41, 5.74) is 0.619. The Morgan fingerprint density at radius 2 is 1.83 bits per heavy atom. The Morgan fingerprint density at radius 1 is 1.21 bits per heavy atom. The lowest BCUT2D eigenvalue weighted by Crippen LogP contribution is -2.41. The van der Waals surface area contributed by atoms with Crippen LogP contribution >= 0.6 is 0 Å². The van der Waals surface area contributed by atoms with Gasteiger partial charge < -0.3 is 4.74 Å². The lowest BCUT2D eigenvalue weighted by molar-refractivity contribution is 0.275. The molecular weight excluding hydrogens is 352 g/mol. The summed E-state index contributed by atoms with van der Waals surface area (Å²) in [7, 11) is -5.23. The van der Waals surface area contributed by atoms with E-state index in [1.54, 1.807) is 19.1 Å². The molecule has 2 rings (SSSR count). The molecule has 1 aliphatic rings. The molecule has 1 aromatic rings. The average molecular weight is 377 g/mol. The molecule has 9 heteroatoms. The highest BCUT2D eigenvalue weighted by molar-refractivity contribution is 7.89. The van der Waals surface area contributed by atoms with Crippen LogP contribution in [0.4, 0.5) is 0 Å². The van der Waals surface area contributed by atoms with E-state index in [2.05, 4.69) is 4.72 Å². The third kappa shape index (κ3) is 4.69. The predicted molar refractivity (Wildman–Crippen MR) is 92.1 cm³/mol. The van der Waals surface area contributed by atoms with Gasteiger partial charge in [-0.3, -0.25) is 0 Å². The molecule has 1 saturated heterocycles. The molecular formula is C15H24N2O5S2. The summed E-state index contributed by atoms with van der Waals surface area (Å²) in [5.74, 6) is 0.746. The summed E-state index contributed by atoms with van der Waals surface area (Å²) in [6.45, 7) is 2.91. The van der Waals surface area contributed by atoms with Crippen molar-refractivity contribution >= 4 is 20.0 Å². The normalized spacial score (nSPS) is 17.8. The molecule has 0 saturated carbocycles. The number of hydrogen-bond donors (Lipinski definition) is 1. The van der Waals surface area contributed by atoms with E-state index in [0.29, 0.717) is 43.8 Å². The lowest BCUT2D eigenvalue weighted by Gasteiger charge is -2.30. The summed E-state index contributed by atoms with van der Waals surface area (Å²) in [4.78, 5) is 0.233. The third-order valence-corrected chi connectivity index (χ3v) is 7.16.